The molecule has 152 valence electrons. The quantitative estimate of drug-likeness (QED) is 0.695. The number of anilines is 2. The van der Waals surface area contributed by atoms with Crippen LogP contribution in [0.2, 0.25) is 0 Å². The Morgan fingerprint density at radius 1 is 1.17 bits per heavy atom. The molecule has 1 amide bonds. The highest BCUT2D eigenvalue weighted by molar-refractivity contribution is 5.98. The van der Waals surface area contributed by atoms with Crippen LogP contribution < -0.4 is 15.0 Å². The third-order valence-corrected chi connectivity index (χ3v) is 5.16. The highest BCUT2D eigenvalue weighted by Gasteiger charge is 2.25. The van der Waals surface area contributed by atoms with Crippen molar-refractivity contribution in [3.05, 3.63) is 48.3 Å². The van der Waals surface area contributed by atoms with Crippen molar-refractivity contribution in [1.29, 1.82) is 0 Å². The lowest BCUT2D eigenvalue weighted by Gasteiger charge is -2.36. The molecule has 1 saturated heterocycles. The van der Waals surface area contributed by atoms with Gasteiger partial charge in [-0.2, -0.15) is 0 Å². The summed E-state index contributed by atoms with van der Waals surface area (Å²) in [6.07, 6.45) is 1.82. The number of amides is 1. The van der Waals surface area contributed by atoms with Gasteiger partial charge >= 0.3 is 0 Å². The zero-order valence-electron chi connectivity index (χ0n) is 17.1. The summed E-state index contributed by atoms with van der Waals surface area (Å²) >= 11 is 0. The molecule has 0 spiro atoms. The zero-order valence-corrected chi connectivity index (χ0v) is 17.1. The standard InChI is InChI=1S/C22H27N5O2/c1-15(2)24-19-5-4-8-23-21(19)26-9-11-27(12-10-26)22(28)20-14-16-13-17(29-3)6-7-18(16)25-20/h4-8,13-15,24-25H,9-12H2,1-3H3. The number of carbonyl (C=O) groups excluding carboxylic acids is 1. The SMILES string of the molecule is COc1ccc2[nH]c(C(=O)N3CCN(c4ncccc4NC(C)C)CC3)cc2c1. The number of benzene rings is 1. The average Bonchev–Trinajstić information content (AvgIpc) is 3.16. The number of hydrogen-bond acceptors (Lipinski definition) is 5. The average molecular weight is 393 g/mol. The summed E-state index contributed by atoms with van der Waals surface area (Å²) in [6, 6.07) is 12.0. The van der Waals surface area contributed by atoms with E-state index in [4.69, 9.17) is 4.74 Å². The zero-order chi connectivity index (χ0) is 20.4. The fourth-order valence-electron chi connectivity index (χ4n) is 3.72. The first kappa shape index (κ1) is 19.1. The predicted molar refractivity (Wildman–Crippen MR) is 116 cm³/mol. The lowest BCUT2D eigenvalue weighted by molar-refractivity contribution is 0.0741. The minimum atomic E-state index is 0.0290. The van der Waals surface area contributed by atoms with Gasteiger partial charge in [0.15, 0.2) is 5.82 Å². The Hall–Kier alpha value is -3.22. The maximum absolute atomic E-state index is 13.0. The minimum Gasteiger partial charge on any atom is -0.497 e. The second-order valence-corrected chi connectivity index (χ2v) is 7.59. The fourth-order valence-corrected chi connectivity index (χ4v) is 3.72. The summed E-state index contributed by atoms with van der Waals surface area (Å²) in [5.41, 5.74) is 2.58. The summed E-state index contributed by atoms with van der Waals surface area (Å²) in [6.45, 7) is 7.06. The Kier molecular flexibility index (Phi) is 5.29. The second kappa shape index (κ2) is 8.03. The fraction of sp³-hybridized carbons (Fsp3) is 0.364. The number of aromatic nitrogens is 2. The minimum absolute atomic E-state index is 0.0290. The van der Waals surface area contributed by atoms with Gasteiger partial charge in [0.05, 0.1) is 12.8 Å². The Bertz CT molecular complexity index is 1010. The van der Waals surface area contributed by atoms with Gasteiger partial charge in [-0.25, -0.2) is 4.98 Å². The number of hydrogen-bond donors (Lipinski definition) is 2. The van der Waals surface area contributed by atoms with Crippen molar-refractivity contribution in [2.45, 2.75) is 19.9 Å². The van der Waals surface area contributed by atoms with Crippen molar-refractivity contribution in [3.63, 3.8) is 0 Å². The smallest absolute Gasteiger partial charge is 0.270 e. The van der Waals surface area contributed by atoms with Crippen LogP contribution in [0.15, 0.2) is 42.6 Å². The molecule has 0 bridgehead atoms. The van der Waals surface area contributed by atoms with Crippen molar-refractivity contribution >= 4 is 28.3 Å². The van der Waals surface area contributed by atoms with E-state index in [1.165, 1.54) is 0 Å². The third kappa shape index (κ3) is 3.99. The number of rotatable bonds is 5. The van der Waals surface area contributed by atoms with Gasteiger partial charge in [-0.1, -0.05) is 0 Å². The summed E-state index contributed by atoms with van der Waals surface area (Å²) in [5.74, 6) is 1.76. The molecule has 0 saturated carbocycles. The van der Waals surface area contributed by atoms with Crippen LogP contribution in [0.3, 0.4) is 0 Å². The number of nitrogens with one attached hydrogen (secondary N) is 2. The lowest BCUT2D eigenvalue weighted by atomic mass is 10.2. The van der Waals surface area contributed by atoms with Gasteiger partial charge in [-0.05, 0) is 50.2 Å². The van der Waals surface area contributed by atoms with E-state index in [0.29, 0.717) is 24.8 Å². The second-order valence-electron chi connectivity index (χ2n) is 7.59. The molecule has 1 fully saturated rings. The van der Waals surface area contributed by atoms with Gasteiger partial charge in [0.2, 0.25) is 0 Å². The normalized spacial score (nSPS) is 14.5. The molecule has 0 atom stereocenters. The van der Waals surface area contributed by atoms with Crippen molar-refractivity contribution in [3.8, 4) is 5.75 Å². The third-order valence-electron chi connectivity index (χ3n) is 5.16. The number of nitrogens with zero attached hydrogens (tertiary/aromatic N) is 3. The molecule has 0 aliphatic carbocycles. The summed E-state index contributed by atoms with van der Waals surface area (Å²) in [4.78, 5) is 24.9. The number of fused-ring (bicyclic) bond motifs is 1. The molecule has 4 rings (SSSR count). The van der Waals surface area contributed by atoms with E-state index >= 15 is 0 Å². The van der Waals surface area contributed by atoms with Crippen molar-refractivity contribution < 1.29 is 9.53 Å². The van der Waals surface area contributed by atoms with Crippen molar-refractivity contribution in [1.82, 2.24) is 14.9 Å². The summed E-state index contributed by atoms with van der Waals surface area (Å²) < 4.78 is 5.27. The van der Waals surface area contributed by atoms with E-state index in [1.807, 2.05) is 41.4 Å². The molecule has 1 aliphatic rings. The number of piperazine rings is 1. The van der Waals surface area contributed by atoms with Crippen LogP contribution in [0.4, 0.5) is 11.5 Å². The first-order valence-corrected chi connectivity index (χ1v) is 9.97. The maximum Gasteiger partial charge on any atom is 0.270 e. The molecule has 3 heterocycles. The first-order chi connectivity index (χ1) is 14.0. The van der Waals surface area contributed by atoms with Crippen LogP contribution in [-0.4, -0.2) is 60.1 Å². The maximum atomic E-state index is 13.0. The lowest BCUT2D eigenvalue weighted by Crippen LogP contribution is -2.49. The first-order valence-electron chi connectivity index (χ1n) is 9.97. The van der Waals surface area contributed by atoms with Gasteiger partial charge in [0, 0.05) is 49.3 Å². The molecule has 1 aliphatic heterocycles. The highest BCUT2D eigenvalue weighted by atomic mass is 16.5. The van der Waals surface area contributed by atoms with Gasteiger partial charge < -0.3 is 24.8 Å². The Morgan fingerprint density at radius 2 is 1.97 bits per heavy atom. The molecule has 7 heteroatoms. The van der Waals surface area contributed by atoms with Crippen molar-refractivity contribution in [2.24, 2.45) is 0 Å². The van der Waals surface area contributed by atoms with Gasteiger partial charge in [0.1, 0.15) is 11.4 Å². The van der Waals surface area contributed by atoms with Gasteiger partial charge in [0.25, 0.3) is 5.91 Å². The predicted octanol–water partition coefficient (Wildman–Crippen LogP) is 3.35. The van der Waals surface area contributed by atoms with E-state index in [9.17, 15) is 4.79 Å². The number of aromatic amines is 1. The van der Waals surface area contributed by atoms with Crippen LogP contribution >= 0.6 is 0 Å². The van der Waals surface area contributed by atoms with Crippen LogP contribution in [0.25, 0.3) is 10.9 Å². The van der Waals surface area contributed by atoms with E-state index < -0.39 is 0 Å². The monoisotopic (exact) mass is 393 g/mol. The van der Waals surface area contributed by atoms with E-state index in [2.05, 4.69) is 40.1 Å². The molecule has 2 N–H and O–H groups in total. The molecule has 1 aromatic carbocycles. The molecule has 29 heavy (non-hydrogen) atoms. The number of ether oxygens (including phenoxy) is 1. The Labute approximate surface area is 170 Å². The van der Waals surface area contributed by atoms with Gasteiger partial charge in [-0.15, -0.1) is 0 Å². The molecule has 3 aromatic rings. The summed E-state index contributed by atoms with van der Waals surface area (Å²) in [7, 11) is 1.64. The van der Waals surface area contributed by atoms with Crippen LogP contribution in [0.1, 0.15) is 24.3 Å². The number of H-pyrrole nitrogens is 1. The molecule has 2 aromatic heterocycles. The number of carbonyl (C=O) groups is 1. The van der Waals surface area contributed by atoms with Crippen molar-refractivity contribution in [2.75, 3.05) is 43.5 Å². The Morgan fingerprint density at radius 3 is 2.69 bits per heavy atom. The molecule has 0 radical (unpaired) electrons. The molecule has 7 nitrogen and oxygen atoms in total. The highest BCUT2D eigenvalue weighted by Crippen LogP contribution is 2.26. The molecular weight excluding hydrogens is 366 g/mol. The number of methoxy groups -OCH3 is 1. The van der Waals surface area contributed by atoms with E-state index in [-0.39, 0.29) is 5.91 Å². The molecule has 0 unspecified atom stereocenters. The number of pyridine rings is 1. The Balaban J connectivity index is 1.45. The van der Waals surface area contributed by atoms with Crippen LogP contribution in [0, 0.1) is 0 Å². The van der Waals surface area contributed by atoms with E-state index in [0.717, 1.165) is 41.2 Å². The molecular formula is C22H27N5O2. The summed E-state index contributed by atoms with van der Waals surface area (Å²) in [5, 5.41) is 4.43. The largest absolute Gasteiger partial charge is 0.497 e. The van der Waals surface area contributed by atoms with E-state index in [1.54, 1.807) is 7.11 Å². The van der Waals surface area contributed by atoms with Crippen LogP contribution in [-0.2, 0) is 0 Å². The topological polar surface area (TPSA) is 73.5 Å². The van der Waals surface area contributed by atoms with Gasteiger partial charge in [-0.3, -0.25) is 4.79 Å². The van der Waals surface area contributed by atoms with Crippen LogP contribution in [0.5, 0.6) is 5.75 Å².